The average Bonchev–Trinajstić information content (AvgIpc) is 3.53. The molecule has 3 aromatic carbocycles. The standard InChI is InChI=1S/C36H42ClN7O6S/c1-36(2,3)50-35(47)39-21-23-6-10-27(11-7-23)32(45)41-30(33(46)40-28-16-12-26(13-17-28)31-42-34(37)44-43-31)20-22-4-8-24(9-5-22)25-14-18-29(19-15-25)51(38,48)49/h4-5,8-9,12-19,23,27,30H,6-7,10-11,20-21H2,1-3H3,(H,39,47)(H,40,46)(H,41,45)(H2,38,48,49)(H,42,43,44). The van der Waals surface area contributed by atoms with Gasteiger partial charge in [-0.2, -0.15) is 10.1 Å². The average molecular weight is 736 g/mol. The van der Waals surface area contributed by atoms with E-state index in [0.29, 0.717) is 36.5 Å². The van der Waals surface area contributed by atoms with Gasteiger partial charge in [-0.15, -0.1) is 0 Å². The first-order valence-corrected chi connectivity index (χ1v) is 18.5. The monoisotopic (exact) mass is 735 g/mol. The van der Waals surface area contributed by atoms with Gasteiger partial charge in [0.25, 0.3) is 0 Å². The van der Waals surface area contributed by atoms with Crippen LogP contribution in [0.1, 0.15) is 52.0 Å². The molecule has 270 valence electrons. The molecule has 1 aromatic heterocycles. The van der Waals surface area contributed by atoms with Crippen LogP contribution in [-0.2, 0) is 30.8 Å². The van der Waals surface area contributed by atoms with Crippen molar-refractivity contribution in [2.45, 2.75) is 69.4 Å². The number of hydrogen-bond donors (Lipinski definition) is 5. The summed E-state index contributed by atoms with van der Waals surface area (Å²) >= 11 is 5.86. The van der Waals surface area contributed by atoms with E-state index >= 15 is 0 Å². The predicted octanol–water partition coefficient (Wildman–Crippen LogP) is 5.44. The number of hydrogen-bond acceptors (Lipinski definition) is 8. The van der Waals surface area contributed by atoms with Gasteiger partial charge in [0, 0.05) is 30.1 Å². The van der Waals surface area contributed by atoms with Crippen molar-refractivity contribution in [2.24, 2.45) is 17.0 Å². The molecular weight excluding hydrogens is 694 g/mol. The number of carbonyl (C=O) groups is 3. The highest BCUT2D eigenvalue weighted by Crippen LogP contribution is 2.29. The summed E-state index contributed by atoms with van der Waals surface area (Å²) in [6, 6.07) is 19.8. The maximum Gasteiger partial charge on any atom is 0.407 e. The Morgan fingerprint density at radius 2 is 1.51 bits per heavy atom. The van der Waals surface area contributed by atoms with Gasteiger partial charge in [0.1, 0.15) is 11.6 Å². The lowest BCUT2D eigenvalue weighted by Crippen LogP contribution is -2.48. The number of anilines is 1. The van der Waals surface area contributed by atoms with E-state index < -0.39 is 27.8 Å². The van der Waals surface area contributed by atoms with Gasteiger partial charge in [-0.1, -0.05) is 36.4 Å². The number of primary sulfonamides is 1. The fourth-order valence-corrected chi connectivity index (χ4v) is 6.52. The number of carbonyl (C=O) groups excluding carboxylic acids is 3. The summed E-state index contributed by atoms with van der Waals surface area (Å²) in [5.74, 6) is -0.201. The lowest BCUT2D eigenvalue weighted by atomic mass is 9.81. The van der Waals surface area contributed by atoms with Crippen molar-refractivity contribution in [3.8, 4) is 22.5 Å². The lowest BCUT2D eigenvalue weighted by molar-refractivity contribution is -0.130. The number of ether oxygens (including phenoxy) is 1. The molecule has 1 aliphatic carbocycles. The molecule has 5 rings (SSSR count). The summed E-state index contributed by atoms with van der Waals surface area (Å²) in [7, 11) is -3.80. The third-order valence-corrected chi connectivity index (χ3v) is 9.66. The lowest BCUT2D eigenvalue weighted by Gasteiger charge is -2.29. The number of nitrogens with zero attached hydrogens (tertiary/aromatic N) is 2. The van der Waals surface area contributed by atoms with E-state index in [9.17, 15) is 22.8 Å². The van der Waals surface area contributed by atoms with Crippen LogP contribution in [0.2, 0.25) is 5.28 Å². The van der Waals surface area contributed by atoms with Crippen molar-refractivity contribution in [1.29, 1.82) is 0 Å². The molecule has 0 spiro atoms. The van der Waals surface area contributed by atoms with Crippen molar-refractivity contribution >= 4 is 45.2 Å². The predicted molar refractivity (Wildman–Crippen MR) is 194 cm³/mol. The second-order valence-electron chi connectivity index (χ2n) is 13.6. The zero-order valence-electron chi connectivity index (χ0n) is 28.6. The van der Waals surface area contributed by atoms with Gasteiger partial charge < -0.3 is 20.7 Å². The molecule has 0 saturated heterocycles. The van der Waals surface area contributed by atoms with Crippen molar-refractivity contribution < 1.29 is 27.5 Å². The first-order chi connectivity index (χ1) is 24.1. The Balaban J connectivity index is 1.25. The number of halogens is 1. The van der Waals surface area contributed by atoms with Crippen LogP contribution in [0, 0.1) is 11.8 Å². The van der Waals surface area contributed by atoms with Crippen LogP contribution in [0.25, 0.3) is 22.5 Å². The van der Waals surface area contributed by atoms with Gasteiger partial charge in [-0.25, -0.2) is 23.4 Å². The summed E-state index contributed by atoms with van der Waals surface area (Å²) < 4.78 is 28.6. The quantitative estimate of drug-likeness (QED) is 0.134. The Morgan fingerprint density at radius 3 is 2.06 bits per heavy atom. The highest BCUT2D eigenvalue weighted by atomic mass is 35.5. The summed E-state index contributed by atoms with van der Waals surface area (Å²) in [6.07, 6.45) is 2.55. The van der Waals surface area contributed by atoms with E-state index in [1.807, 2.05) is 45.0 Å². The van der Waals surface area contributed by atoms with Gasteiger partial charge in [-0.3, -0.25) is 9.59 Å². The smallest absolute Gasteiger partial charge is 0.407 e. The van der Waals surface area contributed by atoms with Crippen LogP contribution < -0.4 is 21.1 Å². The number of alkyl carbamates (subject to hydrolysis) is 1. The van der Waals surface area contributed by atoms with E-state index in [-0.39, 0.29) is 40.3 Å². The molecule has 1 unspecified atom stereocenters. The van der Waals surface area contributed by atoms with Crippen molar-refractivity contribution in [1.82, 2.24) is 25.8 Å². The van der Waals surface area contributed by atoms with Crippen LogP contribution in [0.5, 0.6) is 0 Å². The Hall–Kier alpha value is -4.79. The number of benzene rings is 3. The molecule has 1 saturated carbocycles. The Labute approximate surface area is 302 Å². The molecular formula is C36H42ClN7O6S. The molecule has 51 heavy (non-hydrogen) atoms. The van der Waals surface area contributed by atoms with Crippen molar-refractivity contribution in [3.63, 3.8) is 0 Å². The number of aromatic amines is 1. The highest BCUT2D eigenvalue weighted by molar-refractivity contribution is 7.89. The normalized spacial score (nSPS) is 16.9. The zero-order chi connectivity index (χ0) is 36.8. The third kappa shape index (κ3) is 10.8. The Morgan fingerprint density at radius 1 is 0.922 bits per heavy atom. The maximum absolute atomic E-state index is 13.7. The third-order valence-electron chi connectivity index (χ3n) is 8.56. The molecule has 1 atom stereocenters. The van der Waals surface area contributed by atoms with Gasteiger partial charge in [0.05, 0.1) is 4.90 Å². The van der Waals surface area contributed by atoms with E-state index in [2.05, 4.69) is 31.1 Å². The molecule has 0 aliphatic heterocycles. The molecule has 0 radical (unpaired) electrons. The molecule has 13 nitrogen and oxygen atoms in total. The molecule has 1 aliphatic rings. The minimum absolute atomic E-state index is 0.0234. The summed E-state index contributed by atoms with van der Waals surface area (Å²) in [5.41, 5.74) is 3.11. The fraction of sp³-hybridized carbons (Fsp3) is 0.361. The van der Waals surface area contributed by atoms with Crippen molar-refractivity contribution in [2.75, 3.05) is 11.9 Å². The van der Waals surface area contributed by atoms with Crippen LogP contribution in [0.3, 0.4) is 0 Å². The number of rotatable bonds is 11. The first kappa shape index (κ1) is 37.5. The number of nitrogens with one attached hydrogen (secondary N) is 4. The second-order valence-corrected chi connectivity index (χ2v) is 15.6. The summed E-state index contributed by atoms with van der Waals surface area (Å²) in [4.78, 5) is 43.5. The van der Waals surface area contributed by atoms with Gasteiger partial charge in [0.15, 0.2) is 5.82 Å². The number of amides is 3. The van der Waals surface area contributed by atoms with Crippen LogP contribution in [-0.4, -0.2) is 59.7 Å². The van der Waals surface area contributed by atoms with E-state index in [0.717, 1.165) is 29.5 Å². The minimum atomic E-state index is -3.80. The Bertz CT molecular complexity index is 1940. The maximum atomic E-state index is 13.7. The van der Waals surface area contributed by atoms with E-state index in [4.69, 9.17) is 21.5 Å². The SMILES string of the molecule is CC(C)(C)OC(=O)NCC1CCC(C(=O)NC(Cc2ccc(-c3ccc(S(N)(=O)=O)cc3)cc2)C(=O)Nc2ccc(-c3n[nH]c(Cl)n3)cc2)CC1. The molecule has 1 heterocycles. The molecule has 6 N–H and O–H groups in total. The largest absolute Gasteiger partial charge is 0.444 e. The second kappa shape index (κ2) is 16.0. The molecule has 4 aromatic rings. The fourth-order valence-electron chi connectivity index (χ4n) is 5.88. The van der Waals surface area contributed by atoms with Gasteiger partial charge >= 0.3 is 6.09 Å². The molecule has 0 bridgehead atoms. The number of H-pyrrole nitrogens is 1. The van der Waals surface area contributed by atoms with E-state index in [1.165, 1.54) is 12.1 Å². The number of sulfonamides is 1. The van der Waals surface area contributed by atoms with Gasteiger partial charge in [0.2, 0.25) is 27.1 Å². The topological polar surface area (TPSA) is 198 Å². The summed E-state index contributed by atoms with van der Waals surface area (Å²) in [5, 5.41) is 20.8. The first-order valence-electron chi connectivity index (χ1n) is 16.6. The number of nitrogens with two attached hydrogens (primary N) is 1. The number of aromatic nitrogens is 3. The molecule has 1 fully saturated rings. The van der Waals surface area contributed by atoms with Crippen LogP contribution in [0.4, 0.5) is 10.5 Å². The molecule has 3 amide bonds. The highest BCUT2D eigenvalue weighted by Gasteiger charge is 2.30. The van der Waals surface area contributed by atoms with Crippen molar-refractivity contribution in [3.05, 3.63) is 83.6 Å². The van der Waals surface area contributed by atoms with Crippen LogP contribution in [0.15, 0.2) is 77.7 Å². The summed E-state index contributed by atoms with van der Waals surface area (Å²) in [6.45, 7) is 5.91. The van der Waals surface area contributed by atoms with Gasteiger partial charge in [-0.05, 0) is 117 Å². The minimum Gasteiger partial charge on any atom is -0.444 e. The van der Waals surface area contributed by atoms with E-state index in [1.54, 1.807) is 36.4 Å². The zero-order valence-corrected chi connectivity index (χ0v) is 30.2. The Kier molecular flexibility index (Phi) is 11.8. The van der Waals surface area contributed by atoms with Crippen LogP contribution >= 0.6 is 11.6 Å². The molecule has 15 heteroatoms.